The van der Waals surface area contributed by atoms with Gasteiger partial charge in [0, 0.05) is 5.56 Å². The largest absolute Gasteiger partial charge is 0.491 e. The van der Waals surface area contributed by atoms with Gasteiger partial charge in [0.1, 0.15) is 12.4 Å². The van der Waals surface area contributed by atoms with E-state index in [-0.39, 0.29) is 6.42 Å². The van der Waals surface area contributed by atoms with Gasteiger partial charge in [0.05, 0.1) is 12.0 Å². The number of fused-ring (bicyclic) bond motifs is 1. The standard InChI is InChI=1S/C10H12N2O2/c11-9(13)5-10(12)6-14-8-4-2-1-3-7(8)10/h1-4H,5-6,12H2,(H2,11,13). The fourth-order valence-corrected chi connectivity index (χ4v) is 1.75. The highest BCUT2D eigenvalue weighted by Crippen LogP contribution is 2.36. The molecule has 0 radical (unpaired) electrons. The van der Waals surface area contributed by atoms with Crippen molar-refractivity contribution in [3.05, 3.63) is 29.8 Å². The number of carbonyl (C=O) groups excluding carboxylic acids is 1. The zero-order valence-electron chi connectivity index (χ0n) is 7.69. The van der Waals surface area contributed by atoms with Gasteiger partial charge in [-0.3, -0.25) is 4.79 Å². The number of para-hydroxylation sites is 1. The summed E-state index contributed by atoms with van der Waals surface area (Å²) in [6.07, 6.45) is 0.115. The van der Waals surface area contributed by atoms with E-state index in [0.717, 1.165) is 11.3 Å². The smallest absolute Gasteiger partial charge is 0.219 e. The van der Waals surface area contributed by atoms with Crippen LogP contribution in [0.15, 0.2) is 24.3 Å². The summed E-state index contributed by atoms with van der Waals surface area (Å²) in [5, 5.41) is 0. The minimum atomic E-state index is -0.748. The van der Waals surface area contributed by atoms with Crippen LogP contribution >= 0.6 is 0 Å². The van der Waals surface area contributed by atoms with Crippen molar-refractivity contribution in [3.63, 3.8) is 0 Å². The Balaban J connectivity index is 2.37. The van der Waals surface area contributed by atoms with Crippen LogP contribution in [0, 0.1) is 0 Å². The van der Waals surface area contributed by atoms with Gasteiger partial charge in [-0.2, -0.15) is 0 Å². The summed E-state index contributed by atoms with van der Waals surface area (Å²) in [5.74, 6) is 0.337. The first-order valence-corrected chi connectivity index (χ1v) is 4.41. The highest BCUT2D eigenvalue weighted by Gasteiger charge is 2.37. The van der Waals surface area contributed by atoms with Gasteiger partial charge in [0.2, 0.25) is 5.91 Å². The molecule has 1 aromatic carbocycles. The maximum atomic E-state index is 10.9. The normalized spacial score (nSPS) is 24.1. The van der Waals surface area contributed by atoms with Crippen molar-refractivity contribution in [2.45, 2.75) is 12.0 Å². The lowest BCUT2D eigenvalue weighted by Gasteiger charge is -2.20. The number of primary amides is 1. The van der Waals surface area contributed by atoms with Crippen molar-refractivity contribution in [2.24, 2.45) is 11.5 Å². The third-order valence-corrected chi connectivity index (χ3v) is 2.40. The van der Waals surface area contributed by atoms with Gasteiger partial charge in [-0.1, -0.05) is 18.2 Å². The number of carbonyl (C=O) groups is 1. The molecule has 1 aromatic rings. The van der Waals surface area contributed by atoms with Gasteiger partial charge >= 0.3 is 0 Å². The van der Waals surface area contributed by atoms with Crippen LogP contribution in [0.4, 0.5) is 0 Å². The topological polar surface area (TPSA) is 78.3 Å². The van der Waals surface area contributed by atoms with E-state index in [4.69, 9.17) is 16.2 Å². The SMILES string of the molecule is NC(=O)CC1(N)COc2ccccc21. The monoisotopic (exact) mass is 192 g/mol. The fourth-order valence-electron chi connectivity index (χ4n) is 1.75. The predicted octanol–water partition coefficient (Wildman–Crippen LogP) is 0.108. The Labute approximate surface area is 81.8 Å². The summed E-state index contributed by atoms with van der Waals surface area (Å²) in [6.45, 7) is 0.315. The highest BCUT2D eigenvalue weighted by atomic mass is 16.5. The van der Waals surface area contributed by atoms with Gasteiger partial charge in [0.15, 0.2) is 0 Å². The molecule has 1 unspecified atom stereocenters. The van der Waals surface area contributed by atoms with Crippen LogP contribution in [-0.2, 0) is 10.3 Å². The van der Waals surface area contributed by atoms with Gasteiger partial charge in [-0.05, 0) is 6.07 Å². The molecular weight excluding hydrogens is 180 g/mol. The van der Waals surface area contributed by atoms with Crippen LogP contribution in [0.3, 0.4) is 0 Å². The molecule has 74 valence electrons. The van der Waals surface area contributed by atoms with E-state index < -0.39 is 11.4 Å². The van der Waals surface area contributed by atoms with E-state index in [2.05, 4.69) is 0 Å². The molecule has 2 rings (SSSR count). The zero-order chi connectivity index (χ0) is 10.2. The van der Waals surface area contributed by atoms with Crippen LogP contribution in [0.2, 0.25) is 0 Å². The first-order valence-electron chi connectivity index (χ1n) is 4.41. The zero-order valence-corrected chi connectivity index (χ0v) is 7.69. The molecule has 0 saturated heterocycles. The van der Waals surface area contributed by atoms with E-state index >= 15 is 0 Å². The minimum absolute atomic E-state index is 0.115. The van der Waals surface area contributed by atoms with Gasteiger partial charge in [0.25, 0.3) is 0 Å². The molecular formula is C10H12N2O2. The quantitative estimate of drug-likeness (QED) is 0.698. The van der Waals surface area contributed by atoms with E-state index in [1.54, 1.807) is 0 Å². The molecule has 1 amide bonds. The lowest BCUT2D eigenvalue weighted by molar-refractivity contribution is -0.119. The Bertz CT molecular complexity index is 378. The summed E-state index contributed by atoms with van der Waals surface area (Å²) in [5.41, 5.74) is 11.3. The Morgan fingerprint density at radius 3 is 2.93 bits per heavy atom. The second kappa shape index (κ2) is 2.99. The van der Waals surface area contributed by atoms with Crippen molar-refractivity contribution in [1.82, 2.24) is 0 Å². The number of nitrogens with two attached hydrogens (primary N) is 2. The van der Waals surface area contributed by atoms with Crippen LogP contribution in [-0.4, -0.2) is 12.5 Å². The van der Waals surface area contributed by atoms with E-state index in [0.29, 0.717) is 6.61 Å². The lowest BCUT2D eigenvalue weighted by atomic mass is 9.90. The second-order valence-electron chi connectivity index (χ2n) is 3.58. The van der Waals surface area contributed by atoms with Gasteiger partial charge in [-0.15, -0.1) is 0 Å². The molecule has 4 nitrogen and oxygen atoms in total. The summed E-state index contributed by atoms with van der Waals surface area (Å²) in [6, 6.07) is 7.45. The average molecular weight is 192 g/mol. The molecule has 14 heavy (non-hydrogen) atoms. The average Bonchev–Trinajstić information content (AvgIpc) is 2.44. The lowest BCUT2D eigenvalue weighted by Crippen LogP contribution is -2.42. The third-order valence-electron chi connectivity index (χ3n) is 2.40. The Kier molecular flexibility index (Phi) is 1.93. The van der Waals surface area contributed by atoms with Crippen molar-refractivity contribution in [2.75, 3.05) is 6.61 Å². The molecule has 0 aromatic heterocycles. The molecule has 1 heterocycles. The molecule has 1 aliphatic rings. The number of benzene rings is 1. The third kappa shape index (κ3) is 1.33. The first-order chi connectivity index (χ1) is 6.62. The molecule has 4 heteroatoms. The molecule has 0 bridgehead atoms. The van der Waals surface area contributed by atoms with Gasteiger partial charge in [-0.25, -0.2) is 0 Å². The summed E-state index contributed by atoms with van der Waals surface area (Å²) in [7, 11) is 0. The number of hydrogen-bond donors (Lipinski definition) is 2. The number of amides is 1. The Morgan fingerprint density at radius 1 is 1.50 bits per heavy atom. The van der Waals surface area contributed by atoms with Crippen molar-refractivity contribution in [1.29, 1.82) is 0 Å². The van der Waals surface area contributed by atoms with Crippen LogP contribution < -0.4 is 16.2 Å². The second-order valence-corrected chi connectivity index (χ2v) is 3.58. The maximum absolute atomic E-state index is 10.9. The molecule has 0 aliphatic carbocycles. The van der Waals surface area contributed by atoms with E-state index in [1.807, 2.05) is 24.3 Å². The summed E-state index contributed by atoms with van der Waals surface area (Å²) < 4.78 is 5.38. The van der Waals surface area contributed by atoms with Crippen LogP contribution in [0.5, 0.6) is 5.75 Å². The van der Waals surface area contributed by atoms with E-state index in [9.17, 15) is 4.79 Å². The molecule has 4 N–H and O–H groups in total. The highest BCUT2D eigenvalue weighted by molar-refractivity contribution is 5.76. The van der Waals surface area contributed by atoms with Crippen molar-refractivity contribution in [3.8, 4) is 5.75 Å². The number of rotatable bonds is 2. The Morgan fingerprint density at radius 2 is 2.21 bits per heavy atom. The molecule has 0 spiro atoms. The summed E-state index contributed by atoms with van der Waals surface area (Å²) in [4.78, 5) is 10.9. The number of hydrogen-bond acceptors (Lipinski definition) is 3. The molecule has 0 saturated carbocycles. The number of ether oxygens (including phenoxy) is 1. The maximum Gasteiger partial charge on any atom is 0.219 e. The van der Waals surface area contributed by atoms with Crippen molar-refractivity contribution >= 4 is 5.91 Å². The molecule has 1 aliphatic heterocycles. The van der Waals surface area contributed by atoms with Crippen molar-refractivity contribution < 1.29 is 9.53 Å². The van der Waals surface area contributed by atoms with Crippen LogP contribution in [0.25, 0.3) is 0 Å². The Hall–Kier alpha value is -1.55. The molecule has 0 fully saturated rings. The fraction of sp³-hybridized carbons (Fsp3) is 0.300. The van der Waals surface area contributed by atoms with Gasteiger partial charge < -0.3 is 16.2 Å². The van der Waals surface area contributed by atoms with E-state index in [1.165, 1.54) is 0 Å². The summed E-state index contributed by atoms with van der Waals surface area (Å²) >= 11 is 0. The van der Waals surface area contributed by atoms with Crippen LogP contribution in [0.1, 0.15) is 12.0 Å². The minimum Gasteiger partial charge on any atom is -0.491 e. The molecule has 1 atom stereocenters. The first kappa shape index (κ1) is 9.02. The predicted molar refractivity (Wildman–Crippen MR) is 51.6 cm³/mol.